The maximum atomic E-state index is 9.55. The molecule has 0 unspecified atom stereocenters. The number of hydrogen-bond donors (Lipinski definition) is 2. The summed E-state index contributed by atoms with van der Waals surface area (Å²) in [5.41, 5.74) is 9.15. The molecular formula is C20H24N4O2. The van der Waals surface area contributed by atoms with E-state index in [9.17, 15) is 5.26 Å². The molecule has 2 aromatic rings. The van der Waals surface area contributed by atoms with Crippen LogP contribution in [0, 0.1) is 11.3 Å². The Morgan fingerprint density at radius 1 is 1.12 bits per heavy atom. The van der Waals surface area contributed by atoms with E-state index in [4.69, 9.17) is 15.2 Å². The van der Waals surface area contributed by atoms with E-state index in [0.717, 1.165) is 42.5 Å². The molecule has 0 amide bonds. The van der Waals surface area contributed by atoms with Crippen molar-refractivity contribution in [2.45, 2.75) is 37.8 Å². The van der Waals surface area contributed by atoms with Gasteiger partial charge in [0.25, 0.3) is 0 Å². The average molecular weight is 352 g/mol. The van der Waals surface area contributed by atoms with Gasteiger partial charge in [-0.25, -0.2) is 0 Å². The molecule has 1 heterocycles. The summed E-state index contributed by atoms with van der Waals surface area (Å²) in [6.07, 6.45) is 7.37. The third-order valence-corrected chi connectivity index (χ3v) is 4.88. The monoisotopic (exact) mass is 352 g/mol. The van der Waals surface area contributed by atoms with Gasteiger partial charge < -0.3 is 20.5 Å². The second kappa shape index (κ2) is 8.07. The number of benzene rings is 1. The van der Waals surface area contributed by atoms with Crippen LogP contribution in [0.3, 0.4) is 0 Å². The normalized spacial score (nSPS) is 19.5. The van der Waals surface area contributed by atoms with Gasteiger partial charge in [-0.05, 0) is 43.4 Å². The Labute approximate surface area is 153 Å². The molecule has 0 radical (unpaired) electrons. The zero-order valence-electron chi connectivity index (χ0n) is 15.2. The van der Waals surface area contributed by atoms with Crippen LogP contribution >= 0.6 is 0 Å². The summed E-state index contributed by atoms with van der Waals surface area (Å²) < 4.78 is 10.7. The molecule has 1 saturated carbocycles. The maximum absolute atomic E-state index is 9.55. The minimum absolute atomic E-state index is 0.284. The lowest BCUT2D eigenvalue weighted by atomic mass is 9.91. The van der Waals surface area contributed by atoms with E-state index in [2.05, 4.69) is 16.4 Å². The number of nitriles is 1. The molecule has 0 bridgehead atoms. The molecule has 3 N–H and O–H groups in total. The van der Waals surface area contributed by atoms with Crippen molar-refractivity contribution < 1.29 is 9.47 Å². The number of nitrogens with zero attached hydrogens (tertiary/aromatic N) is 2. The zero-order chi connectivity index (χ0) is 18.5. The molecule has 0 aliphatic heterocycles. The van der Waals surface area contributed by atoms with Crippen molar-refractivity contribution in [3.05, 3.63) is 36.2 Å². The van der Waals surface area contributed by atoms with Gasteiger partial charge in [0.05, 0.1) is 25.5 Å². The molecule has 6 nitrogen and oxygen atoms in total. The van der Waals surface area contributed by atoms with Gasteiger partial charge in [-0.1, -0.05) is 6.07 Å². The SMILES string of the molecule is COc1ccc(-c2cncc(C#N)c2N[C@H]2CC[C@H](N)CC2)cc1OC. The molecule has 1 aliphatic carbocycles. The molecule has 3 rings (SSSR count). The van der Waals surface area contributed by atoms with E-state index >= 15 is 0 Å². The van der Waals surface area contributed by atoms with Crippen LogP contribution in [0.5, 0.6) is 11.5 Å². The predicted molar refractivity (Wildman–Crippen MR) is 101 cm³/mol. The van der Waals surface area contributed by atoms with Crippen LogP contribution in [0.15, 0.2) is 30.6 Å². The van der Waals surface area contributed by atoms with Crippen molar-refractivity contribution in [3.63, 3.8) is 0 Å². The van der Waals surface area contributed by atoms with Gasteiger partial charge >= 0.3 is 0 Å². The lowest BCUT2D eigenvalue weighted by Crippen LogP contribution is -2.33. The fourth-order valence-corrected chi connectivity index (χ4v) is 3.39. The molecule has 0 saturated heterocycles. The average Bonchev–Trinajstić information content (AvgIpc) is 2.69. The van der Waals surface area contributed by atoms with Crippen LogP contribution in [-0.2, 0) is 0 Å². The minimum Gasteiger partial charge on any atom is -0.493 e. The first-order valence-electron chi connectivity index (χ1n) is 8.79. The summed E-state index contributed by atoms with van der Waals surface area (Å²) >= 11 is 0. The number of ether oxygens (including phenoxy) is 2. The minimum atomic E-state index is 0.284. The number of anilines is 1. The Morgan fingerprint density at radius 2 is 1.85 bits per heavy atom. The van der Waals surface area contributed by atoms with Gasteiger partial charge in [0.1, 0.15) is 6.07 Å². The Hall–Kier alpha value is -2.78. The maximum Gasteiger partial charge on any atom is 0.161 e. The fraction of sp³-hybridized carbons (Fsp3) is 0.400. The smallest absolute Gasteiger partial charge is 0.161 e. The largest absolute Gasteiger partial charge is 0.493 e. The molecule has 136 valence electrons. The highest BCUT2D eigenvalue weighted by Gasteiger charge is 2.21. The zero-order valence-corrected chi connectivity index (χ0v) is 15.2. The topological polar surface area (TPSA) is 93.2 Å². The first-order chi connectivity index (χ1) is 12.7. The van der Waals surface area contributed by atoms with Crippen LogP contribution in [0.25, 0.3) is 11.1 Å². The fourth-order valence-electron chi connectivity index (χ4n) is 3.39. The molecule has 26 heavy (non-hydrogen) atoms. The molecular weight excluding hydrogens is 328 g/mol. The van der Waals surface area contributed by atoms with E-state index in [1.165, 1.54) is 0 Å². The number of hydrogen-bond acceptors (Lipinski definition) is 6. The van der Waals surface area contributed by atoms with Crippen LogP contribution < -0.4 is 20.5 Å². The van der Waals surface area contributed by atoms with Gasteiger partial charge in [0, 0.05) is 30.0 Å². The predicted octanol–water partition coefficient (Wildman–Crippen LogP) is 3.32. The second-order valence-electron chi connectivity index (χ2n) is 6.55. The number of rotatable bonds is 5. The van der Waals surface area contributed by atoms with Gasteiger partial charge in [-0.15, -0.1) is 0 Å². The Bertz CT molecular complexity index is 808. The van der Waals surface area contributed by atoms with Crippen LogP contribution in [0.4, 0.5) is 5.69 Å². The van der Waals surface area contributed by atoms with Crippen LogP contribution in [-0.4, -0.2) is 31.3 Å². The summed E-state index contributed by atoms with van der Waals surface area (Å²) in [4.78, 5) is 4.24. The molecule has 1 aliphatic rings. The third kappa shape index (κ3) is 3.73. The van der Waals surface area contributed by atoms with E-state index in [1.54, 1.807) is 26.6 Å². The Kier molecular flexibility index (Phi) is 5.59. The summed E-state index contributed by atoms with van der Waals surface area (Å²) in [5.74, 6) is 1.30. The lowest BCUT2D eigenvalue weighted by molar-refractivity contribution is 0.355. The van der Waals surface area contributed by atoms with Crippen molar-refractivity contribution in [2.24, 2.45) is 5.73 Å². The number of aromatic nitrogens is 1. The van der Waals surface area contributed by atoms with Gasteiger partial charge in [0.2, 0.25) is 0 Å². The van der Waals surface area contributed by atoms with Crippen LogP contribution in [0.2, 0.25) is 0 Å². The van der Waals surface area contributed by atoms with Crippen molar-refractivity contribution >= 4 is 5.69 Å². The summed E-state index contributed by atoms with van der Waals surface area (Å²) in [6, 6.07) is 8.55. The summed E-state index contributed by atoms with van der Waals surface area (Å²) in [6.45, 7) is 0. The number of nitrogens with two attached hydrogens (primary N) is 1. The molecule has 1 aromatic heterocycles. The second-order valence-corrected chi connectivity index (χ2v) is 6.55. The Balaban J connectivity index is 1.98. The first-order valence-corrected chi connectivity index (χ1v) is 8.79. The van der Waals surface area contributed by atoms with Crippen LogP contribution in [0.1, 0.15) is 31.2 Å². The van der Waals surface area contributed by atoms with E-state index in [0.29, 0.717) is 23.1 Å². The highest BCUT2D eigenvalue weighted by molar-refractivity contribution is 5.82. The molecule has 0 spiro atoms. The van der Waals surface area contributed by atoms with Gasteiger partial charge in [-0.3, -0.25) is 4.98 Å². The molecule has 1 aromatic carbocycles. The Morgan fingerprint density at radius 3 is 2.50 bits per heavy atom. The molecule has 1 fully saturated rings. The third-order valence-electron chi connectivity index (χ3n) is 4.88. The van der Waals surface area contributed by atoms with E-state index in [1.807, 2.05) is 18.2 Å². The highest BCUT2D eigenvalue weighted by Crippen LogP contribution is 2.37. The summed E-state index contributed by atoms with van der Waals surface area (Å²) in [5, 5.41) is 13.1. The quantitative estimate of drug-likeness (QED) is 0.857. The van der Waals surface area contributed by atoms with Gasteiger partial charge in [-0.2, -0.15) is 5.26 Å². The van der Waals surface area contributed by atoms with Crippen molar-refractivity contribution in [2.75, 3.05) is 19.5 Å². The number of methoxy groups -OCH3 is 2. The first kappa shape index (κ1) is 18.0. The number of pyridine rings is 1. The van der Waals surface area contributed by atoms with Crippen molar-refractivity contribution in [1.29, 1.82) is 5.26 Å². The summed E-state index contributed by atoms with van der Waals surface area (Å²) in [7, 11) is 3.21. The van der Waals surface area contributed by atoms with E-state index in [-0.39, 0.29) is 6.04 Å². The molecule has 6 heteroatoms. The van der Waals surface area contributed by atoms with Crippen molar-refractivity contribution in [3.8, 4) is 28.7 Å². The van der Waals surface area contributed by atoms with Gasteiger partial charge in [0.15, 0.2) is 11.5 Å². The van der Waals surface area contributed by atoms with Crippen molar-refractivity contribution in [1.82, 2.24) is 4.98 Å². The number of nitrogens with one attached hydrogen (secondary N) is 1. The highest BCUT2D eigenvalue weighted by atomic mass is 16.5. The lowest BCUT2D eigenvalue weighted by Gasteiger charge is -2.28. The molecule has 0 atom stereocenters. The van der Waals surface area contributed by atoms with E-state index < -0.39 is 0 Å². The standard InChI is InChI=1S/C20H24N4O2/c1-25-18-8-3-13(9-19(18)26-2)17-12-23-11-14(10-21)20(17)24-16-6-4-15(22)5-7-16/h3,8-9,11-12,15-16H,4-7,22H2,1-2H3,(H,23,24)/t15-,16-.